The number of hydrogen-bond acceptors (Lipinski definition) is 5. The van der Waals surface area contributed by atoms with Gasteiger partial charge in [0, 0.05) is 24.7 Å². The van der Waals surface area contributed by atoms with E-state index in [0.717, 1.165) is 0 Å². The number of ether oxygens (including phenoxy) is 1. The van der Waals surface area contributed by atoms with Crippen molar-refractivity contribution in [2.45, 2.75) is 18.6 Å². The van der Waals surface area contributed by atoms with E-state index >= 15 is 0 Å². The zero-order chi connectivity index (χ0) is 23.5. The van der Waals surface area contributed by atoms with Crippen molar-refractivity contribution in [1.82, 2.24) is 4.31 Å². The molecular weight excluding hydrogens is 499 g/mol. The van der Waals surface area contributed by atoms with Gasteiger partial charge in [0.2, 0.25) is 15.9 Å². The molecule has 1 aliphatic rings. The number of hydrogen-bond donors (Lipinski definition) is 1. The van der Waals surface area contributed by atoms with E-state index in [1.54, 1.807) is 18.2 Å². The summed E-state index contributed by atoms with van der Waals surface area (Å²) < 4.78 is 31.6. The number of benzene rings is 2. The molecule has 0 atom stereocenters. The fourth-order valence-electron chi connectivity index (χ4n) is 3.44. The van der Waals surface area contributed by atoms with Gasteiger partial charge in [-0.1, -0.05) is 40.9 Å². The van der Waals surface area contributed by atoms with Crippen LogP contribution in [0.3, 0.4) is 0 Å². The third-order valence-corrected chi connectivity index (χ3v) is 8.11. The first-order valence-corrected chi connectivity index (χ1v) is 12.5. The van der Waals surface area contributed by atoms with E-state index in [4.69, 9.17) is 34.8 Å². The minimum Gasteiger partial charge on any atom is -0.465 e. The SMILES string of the molecule is COC(=O)c1cc(NC(=O)C2CCN(S(=O)(=O)Cc3ccc(Cl)c(Cl)c3)CC2)ccc1Cl. The van der Waals surface area contributed by atoms with Gasteiger partial charge in [0.25, 0.3) is 0 Å². The van der Waals surface area contributed by atoms with Gasteiger partial charge in [-0.05, 0) is 48.7 Å². The van der Waals surface area contributed by atoms with Gasteiger partial charge in [0.1, 0.15) is 0 Å². The molecule has 0 unspecified atom stereocenters. The number of nitrogens with one attached hydrogen (secondary N) is 1. The highest BCUT2D eigenvalue weighted by Crippen LogP contribution is 2.27. The smallest absolute Gasteiger partial charge is 0.339 e. The van der Waals surface area contributed by atoms with E-state index in [2.05, 4.69) is 10.1 Å². The first-order valence-electron chi connectivity index (χ1n) is 9.71. The highest BCUT2D eigenvalue weighted by Gasteiger charge is 2.31. The molecule has 1 fully saturated rings. The van der Waals surface area contributed by atoms with Crippen molar-refractivity contribution in [2.24, 2.45) is 5.92 Å². The second-order valence-electron chi connectivity index (χ2n) is 7.35. The summed E-state index contributed by atoms with van der Waals surface area (Å²) in [5, 5.41) is 3.64. The maximum atomic E-state index is 12.8. The van der Waals surface area contributed by atoms with Crippen LogP contribution in [0.2, 0.25) is 15.1 Å². The predicted molar refractivity (Wildman–Crippen MR) is 125 cm³/mol. The number of nitrogens with zero attached hydrogens (tertiary/aromatic N) is 1. The lowest BCUT2D eigenvalue weighted by Crippen LogP contribution is -2.41. The van der Waals surface area contributed by atoms with Gasteiger partial charge < -0.3 is 10.1 Å². The van der Waals surface area contributed by atoms with E-state index in [-0.39, 0.29) is 41.3 Å². The normalized spacial score (nSPS) is 15.4. The molecule has 0 bridgehead atoms. The number of sulfonamides is 1. The van der Waals surface area contributed by atoms with Crippen LogP contribution in [-0.4, -0.2) is 44.8 Å². The van der Waals surface area contributed by atoms with Crippen LogP contribution in [0.4, 0.5) is 5.69 Å². The van der Waals surface area contributed by atoms with Crippen LogP contribution in [-0.2, 0) is 25.3 Å². The first kappa shape index (κ1) is 24.8. The lowest BCUT2D eigenvalue weighted by Gasteiger charge is -2.30. The second kappa shape index (κ2) is 10.4. The maximum absolute atomic E-state index is 12.8. The average molecular weight is 520 g/mol. The lowest BCUT2D eigenvalue weighted by molar-refractivity contribution is -0.120. The molecule has 1 heterocycles. The summed E-state index contributed by atoms with van der Waals surface area (Å²) in [4.78, 5) is 24.4. The third-order valence-electron chi connectivity index (χ3n) is 5.19. The topological polar surface area (TPSA) is 92.8 Å². The summed E-state index contributed by atoms with van der Waals surface area (Å²) in [5.74, 6) is -1.40. The number of halogens is 3. The quantitative estimate of drug-likeness (QED) is 0.563. The number of anilines is 1. The number of methoxy groups -OCH3 is 1. The number of amides is 1. The zero-order valence-electron chi connectivity index (χ0n) is 17.1. The molecule has 0 radical (unpaired) electrons. The van der Waals surface area contributed by atoms with Crippen molar-refractivity contribution in [3.8, 4) is 0 Å². The number of carbonyl (C=O) groups excluding carboxylic acids is 2. The molecule has 0 aromatic heterocycles. The van der Waals surface area contributed by atoms with Gasteiger partial charge in [-0.25, -0.2) is 17.5 Å². The summed E-state index contributed by atoms with van der Waals surface area (Å²) in [6.07, 6.45) is 0.758. The molecule has 1 saturated heterocycles. The molecule has 32 heavy (non-hydrogen) atoms. The van der Waals surface area contributed by atoms with E-state index in [9.17, 15) is 18.0 Å². The van der Waals surface area contributed by atoms with Crippen molar-refractivity contribution in [2.75, 3.05) is 25.5 Å². The predicted octanol–water partition coefficient (Wildman–Crippen LogP) is 4.61. The van der Waals surface area contributed by atoms with E-state index in [1.807, 2.05) is 0 Å². The number of esters is 1. The highest BCUT2D eigenvalue weighted by atomic mass is 35.5. The summed E-state index contributed by atoms with van der Waals surface area (Å²) in [6.45, 7) is 0.464. The minimum atomic E-state index is -3.56. The van der Waals surface area contributed by atoms with Crippen LogP contribution in [0, 0.1) is 5.92 Å². The molecule has 1 aliphatic heterocycles. The van der Waals surface area contributed by atoms with Crippen molar-refractivity contribution < 1.29 is 22.7 Å². The Balaban J connectivity index is 1.59. The second-order valence-corrected chi connectivity index (χ2v) is 10.5. The zero-order valence-corrected chi connectivity index (χ0v) is 20.2. The van der Waals surface area contributed by atoms with E-state index in [1.165, 1.54) is 29.6 Å². The summed E-state index contributed by atoms with van der Waals surface area (Å²) >= 11 is 17.9. The van der Waals surface area contributed by atoms with Gasteiger partial charge in [-0.2, -0.15) is 0 Å². The van der Waals surface area contributed by atoms with E-state index < -0.39 is 16.0 Å². The van der Waals surface area contributed by atoms with Gasteiger partial charge in [-0.15, -0.1) is 0 Å². The largest absolute Gasteiger partial charge is 0.465 e. The Labute approximate surface area is 201 Å². The van der Waals surface area contributed by atoms with Crippen LogP contribution in [0.5, 0.6) is 0 Å². The molecule has 0 aliphatic carbocycles. The number of carbonyl (C=O) groups is 2. The molecule has 7 nitrogen and oxygen atoms in total. The third kappa shape index (κ3) is 5.94. The van der Waals surface area contributed by atoms with Crippen molar-refractivity contribution in [3.05, 3.63) is 62.6 Å². The standard InChI is InChI=1S/C21H21Cl3N2O5S/c1-31-21(28)16-11-15(3-5-17(16)22)25-20(27)14-6-8-26(9-7-14)32(29,30)12-13-2-4-18(23)19(24)10-13/h2-5,10-11,14H,6-9,12H2,1H3,(H,25,27). The summed E-state index contributed by atoms with van der Waals surface area (Å²) in [6, 6.07) is 9.26. The molecule has 2 aromatic carbocycles. The first-order chi connectivity index (χ1) is 15.1. The molecular formula is C21H21Cl3N2O5S. The summed E-state index contributed by atoms with van der Waals surface area (Å²) in [7, 11) is -2.32. The Kier molecular flexibility index (Phi) is 8.06. The fourth-order valence-corrected chi connectivity index (χ4v) is 5.51. The van der Waals surface area contributed by atoms with Crippen LogP contribution < -0.4 is 5.32 Å². The molecule has 1 N–H and O–H groups in total. The Morgan fingerprint density at radius 1 is 1.03 bits per heavy atom. The van der Waals surface area contributed by atoms with Crippen molar-refractivity contribution in [1.29, 1.82) is 0 Å². The van der Waals surface area contributed by atoms with Crippen molar-refractivity contribution >= 4 is 62.4 Å². The fraction of sp³-hybridized carbons (Fsp3) is 0.333. The van der Waals surface area contributed by atoms with Crippen molar-refractivity contribution in [3.63, 3.8) is 0 Å². The Hall–Kier alpha value is -1.84. The van der Waals surface area contributed by atoms with Crippen LogP contribution >= 0.6 is 34.8 Å². The maximum Gasteiger partial charge on any atom is 0.339 e. The molecule has 0 spiro atoms. The number of rotatable bonds is 6. The van der Waals surface area contributed by atoms with Crippen LogP contribution in [0.15, 0.2) is 36.4 Å². The monoisotopic (exact) mass is 518 g/mol. The highest BCUT2D eigenvalue weighted by molar-refractivity contribution is 7.88. The van der Waals surface area contributed by atoms with Crippen LogP contribution in [0.1, 0.15) is 28.8 Å². The summed E-state index contributed by atoms with van der Waals surface area (Å²) in [5.41, 5.74) is 1.10. The molecule has 11 heteroatoms. The molecule has 2 aromatic rings. The minimum absolute atomic E-state index is 0.148. The Morgan fingerprint density at radius 3 is 2.31 bits per heavy atom. The van der Waals surface area contributed by atoms with Crippen LogP contribution in [0.25, 0.3) is 0 Å². The average Bonchev–Trinajstić information content (AvgIpc) is 2.77. The van der Waals surface area contributed by atoms with E-state index in [0.29, 0.717) is 34.1 Å². The molecule has 172 valence electrons. The van der Waals surface area contributed by atoms with Gasteiger partial charge in [0.05, 0.1) is 33.5 Å². The van der Waals surface area contributed by atoms with Gasteiger partial charge >= 0.3 is 5.97 Å². The Bertz CT molecular complexity index is 1130. The molecule has 3 rings (SSSR count). The Morgan fingerprint density at radius 2 is 1.69 bits per heavy atom. The lowest BCUT2D eigenvalue weighted by atomic mass is 9.97. The van der Waals surface area contributed by atoms with Gasteiger partial charge in [-0.3, -0.25) is 4.79 Å². The molecule has 1 amide bonds. The molecule has 0 saturated carbocycles. The van der Waals surface area contributed by atoms with Gasteiger partial charge in [0.15, 0.2) is 0 Å². The number of piperidine rings is 1.